The molecule has 0 fully saturated rings. The summed E-state index contributed by atoms with van der Waals surface area (Å²) in [5, 5.41) is 0. The fourth-order valence-corrected chi connectivity index (χ4v) is 6.45. The molecule has 0 aromatic rings. The zero-order valence-electron chi connectivity index (χ0n) is 32.8. The lowest BCUT2D eigenvalue weighted by atomic mass is 10.1. The Kier molecular flexibility index (Phi) is 37.1. The molecule has 0 saturated carbocycles. The zero-order chi connectivity index (χ0) is 37.5. The number of carbonyl (C=O) groups is 2. The van der Waals surface area contributed by atoms with Gasteiger partial charge in [0.15, 0.2) is 6.10 Å². The Morgan fingerprint density at radius 3 is 1.43 bits per heavy atom. The van der Waals surface area contributed by atoms with Gasteiger partial charge in [0.2, 0.25) is 0 Å². The summed E-state index contributed by atoms with van der Waals surface area (Å²) in [4.78, 5) is 34.8. The molecule has 1 unspecified atom stereocenters. The highest BCUT2D eigenvalue weighted by atomic mass is 31.2. The monoisotopic (exact) mass is 744 g/mol. The van der Waals surface area contributed by atoms with Gasteiger partial charge in [0.1, 0.15) is 6.61 Å². The van der Waals surface area contributed by atoms with E-state index in [4.69, 9.17) is 24.3 Å². The molecule has 2 atom stereocenters. The first kappa shape index (κ1) is 49.5. The lowest BCUT2D eigenvalue weighted by Crippen LogP contribution is -2.29. The summed E-state index contributed by atoms with van der Waals surface area (Å²) < 4.78 is 32.7. The maximum Gasteiger partial charge on any atom is 0.472 e. The van der Waals surface area contributed by atoms with E-state index < -0.39 is 26.5 Å². The molecule has 0 rings (SSSR count). The molecule has 0 aromatic heterocycles. The zero-order valence-corrected chi connectivity index (χ0v) is 33.7. The van der Waals surface area contributed by atoms with E-state index >= 15 is 0 Å². The quantitative estimate of drug-likeness (QED) is 0.0273. The van der Waals surface area contributed by atoms with Crippen LogP contribution in [0.15, 0.2) is 24.3 Å². The first-order valence-corrected chi connectivity index (χ1v) is 22.3. The van der Waals surface area contributed by atoms with Gasteiger partial charge in [0.05, 0.1) is 13.2 Å². The van der Waals surface area contributed by atoms with E-state index in [0.717, 1.165) is 57.8 Å². The molecule has 0 aliphatic rings. The number of rotatable bonds is 39. The Morgan fingerprint density at radius 2 is 0.961 bits per heavy atom. The molecule has 0 radical (unpaired) electrons. The number of nitrogens with two attached hydrogens (primary N) is 1. The second-order valence-electron chi connectivity index (χ2n) is 13.8. The van der Waals surface area contributed by atoms with Gasteiger partial charge in [-0.15, -0.1) is 0 Å². The van der Waals surface area contributed by atoms with E-state index in [-0.39, 0.29) is 38.6 Å². The summed E-state index contributed by atoms with van der Waals surface area (Å²) in [7, 11) is -4.38. The van der Waals surface area contributed by atoms with Crippen LogP contribution in [0.1, 0.15) is 194 Å². The molecule has 0 spiro atoms. The molecule has 0 bridgehead atoms. The van der Waals surface area contributed by atoms with Crippen LogP contribution in [0.5, 0.6) is 0 Å². The molecule has 0 aromatic carbocycles. The number of hydrogen-bond acceptors (Lipinski definition) is 8. The van der Waals surface area contributed by atoms with Gasteiger partial charge in [0.25, 0.3) is 0 Å². The van der Waals surface area contributed by atoms with Crippen LogP contribution in [-0.2, 0) is 32.7 Å². The Labute approximate surface area is 312 Å². The fraction of sp³-hybridized carbons (Fsp3) is 0.854. The van der Waals surface area contributed by atoms with Crippen molar-refractivity contribution in [2.45, 2.75) is 200 Å². The number of allylic oxidation sites excluding steroid dienone is 4. The third-order valence-corrected chi connectivity index (χ3v) is 9.79. The van der Waals surface area contributed by atoms with Crippen LogP contribution in [0.4, 0.5) is 0 Å². The van der Waals surface area contributed by atoms with Crippen LogP contribution >= 0.6 is 7.82 Å². The van der Waals surface area contributed by atoms with E-state index in [0.29, 0.717) is 6.42 Å². The minimum Gasteiger partial charge on any atom is -0.462 e. The van der Waals surface area contributed by atoms with Crippen LogP contribution in [0, 0.1) is 0 Å². The van der Waals surface area contributed by atoms with Crippen LogP contribution in [-0.4, -0.2) is 49.3 Å². The van der Waals surface area contributed by atoms with E-state index in [1.807, 2.05) is 0 Å². The van der Waals surface area contributed by atoms with Gasteiger partial charge in [-0.1, -0.05) is 141 Å². The third kappa shape index (κ3) is 38.0. The van der Waals surface area contributed by atoms with Gasteiger partial charge in [-0.25, -0.2) is 4.57 Å². The smallest absolute Gasteiger partial charge is 0.462 e. The van der Waals surface area contributed by atoms with Crippen molar-refractivity contribution in [1.29, 1.82) is 0 Å². The third-order valence-electron chi connectivity index (χ3n) is 8.81. The average Bonchev–Trinajstić information content (AvgIpc) is 3.11. The molecule has 9 nitrogen and oxygen atoms in total. The number of unbranched alkanes of at least 4 members (excludes halogenated alkanes) is 22. The highest BCUT2D eigenvalue weighted by Gasteiger charge is 2.26. The van der Waals surface area contributed by atoms with E-state index in [1.54, 1.807) is 0 Å². The summed E-state index contributed by atoms with van der Waals surface area (Å²) in [6, 6.07) is 0. The minimum absolute atomic E-state index is 0.0515. The molecule has 10 heteroatoms. The van der Waals surface area contributed by atoms with Crippen LogP contribution in [0.3, 0.4) is 0 Å². The summed E-state index contributed by atoms with van der Waals surface area (Å²) in [5.41, 5.74) is 5.34. The average molecular weight is 744 g/mol. The summed E-state index contributed by atoms with van der Waals surface area (Å²) >= 11 is 0. The Hall–Kier alpha value is -1.51. The number of ether oxygens (including phenoxy) is 2. The van der Waals surface area contributed by atoms with Crippen molar-refractivity contribution < 1.29 is 37.6 Å². The summed E-state index contributed by atoms with van der Waals surface area (Å²) in [5.74, 6) is -0.849. The molecule has 0 saturated heterocycles. The van der Waals surface area contributed by atoms with Gasteiger partial charge < -0.3 is 20.1 Å². The van der Waals surface area contributed by atoms with Crippen molar-refractivity contribution in [2.24, 2.45) is 5.73 Å². The normalized spacial score (nSPS) is 13.6. The van der Waals surface area contributed by atoms with Crippen LogP contribution in [0.2, 0.25) is 0 Å². The van der Waals surface area contributed by atoms with Crippen molar-refractivity contribution >= 4 is 19.8 Å². The fourth-order valence-electron chi connectivity index (χ4n) is 5.68. The highest BCUT2D eigenvalue weighted by Crippen LogP contribution is 2.43. The van der Waals surface area contributed by atoms with Crippen molar-refractivity contribution in [2.75, 3.05) is 26.4 Å². The van der Waals surface area contributed by atoms with Crippen LogP contribution < -0.4 is 5.73 Å². The van der Waals surface area contributed by atoms with E-state index in [1.165, 1.54) is 103 Å². The number of carbonyl (C=O) groups excluding carboxylic acids is 2. The van der Waals surface area contributed by atoms with Gasteiger partial charge >= 0.3 is 19.8 Å². The number of esters is 2. The molecular weight excluding hydrogens is 665 g/mol. The Morgan fingerprint density at radius 1 is 0.569 bits per heavy atom. The molecule has 300 valence electrons. The molecule has 0 heterocycles. The van der Waals surface area contributed by atoms with Gasteiger partial charge in [0, 0.05) is 19.4 Å². The van der Waals surface area contributed by atoms with E-state index in [2.05, 4.69) is 38.2 Å². The molecule has 0 aliphatic carbocycles. The first-order chi connectivity index (χ1) is 24.8. The molecule has 3 N–H and O–H groups in total. The number of phosphoric ester groups is 1. The Bertz CT molecular complexity index is 897. The highest BCUT2D eigenvalue weighted by molar-refractivity contribution is 7.47. The van der Waals surface area contributed by atoms with Crippen molar-refractivity contribution in [3.05, 3.63) is 24.3 Å². The summed E-state index contributed by atoms with van der Waals surface area (Å²) in [6.45, 7) is 3.70. The van der Waals surface area contributed by atoms with E-state index in [9.17, 15) is 19.0 Å². The summed E-state index contributed by atoms with van der Waals surface area (Å²) in [6.07, 6.45) is 39.2. The number of hydrogen-bond donors (Lipinski definition) is 2. The van der Waals surface area contributed by atoms with Crippen LogP contribution in [0.25, 0.3) is 0 Å². The Balaban J connectivity index is 4.20. The van der Waals surface area contributed by atoms with Crippen molar-refractivity contribution in [1.82, 2.24) is 0 Å². The lowest BCUT2D eigenvalue weighted by Gasteiger charge is -2.19. The first-order valence-electron chi connectivity index (χ1n) is 20.8. The SMILES string of the molecule is CCCCCC/C=C/CCCCCCCCCC(=O)OC[C@H](COP(=O)(O)OCCN)OC(=O)CCCCC/C=C/CCCCCCCCCC. The largest absolute Gasteiger partial charge is 0.472 e. The van der Waals surface area contributed by atoms with Crippen molar-refractivity contribution in [3.63, 3.8) is 0 Å². The van der Waals surface area contributed by atoms with Crippen molar-refractivity contribution in [3.8, 4) is 0 Å². The minimum atomic E-state index is -4.38. The standard InChI is InChI=1S/C41H78NO8P/c1-3-5-7-9-11-13-15-17-19-21-23-25-27-29-31-33-40(43)47-37-39(38-49-51(45,46)48-36-35-42)50-41(44)34-32-30-28-26-24-22-20-18-16-14-12-10-8-6-4-2/h13,15,22,24,39H,3-12,14,16-21,23,25-38,42H2,1-2H3,(H,45,46)/b15-13+,24-22+/t39-/m1/s1. The maximum absolute atomic E-state index is 12.5. The van der Waals surface area contributed by atoms with Gasteiger partial charge in [-0.05, 0) is 64.2 Å². The lowest BCUT2D eigenvalue weighted by molar-refractivity contribution is -0.161. The predicted molar refractivity (Wildman–Crippen MR) is 211 cm³/mol. The van der Waals surface area contributed by atoms with Gasteiger partial charge in [-0.2, -0.15) is 0 Å². The maximum atomic E-state index is 12.5. The molecule has 0 amide bonds. The second-order valence-corrected chi connectivity index (χ2v) is 15.3. The molecule has 51 heavy (non-hydrogen) atoms. The topological polar surface area (TPSA) is 134 Å². The number of phosphoric acid groups is 1. The van der Waals surface area contributed by atoms with Gasteiger partial charge in [-0.3, -0.25) is 18.6 Å². The molecular formula is C41H78NO8P. The molecule has 0 aliphatic heterocycles. The predicted octanol–water partition coefficient (Wildman–Crippen LogP) is 11.6. The second kappa shape index (κ2) is 38.2.